The molecule has 1 saturated heterocycles. The summed E-state index contributed by atoms with van der Waals surface area (Å²) in [6.07, 6.45) is 5.72. The van der Waals surface area contributed by atoms with Crippen molar-refractivity contribution in [1.82, 2.24) is 14.7 Å². The monoisotopic (exact) mass is 302 g/mol. The first kappa shape index (κ1) is 15.0. The summed E-state index contributed by atoms with van der Waals surface area (Å²) in [5, 5.41) is 4.44. The van der Waals surface area contributed by atoms with Crippen LogP contribution < -0.4 is 5.73 Å². The van der Waals surface area contributed by atoms with Crippen molar-refractivity contribution >= 4 is 5.69 Å². The van der Waals surface area contributed by atoms with E-state index in [1.165, 1.54) is 5.56 Å². The summed E-state index contributed by atoms with van der Waals surface area (Å²) < 4.78 is 14.5. The largest absolute Gasteiger partial charge is 0.396 e. The minimum Gasteiger partial charge on any atom is -0.396 e. The maximum absolute atomic E-state index is 12.5. The Kier molecular flexibility index (Phi) is 4.73. The maximum Gasteiger partial charge on any atom is 0.102 e. The fraction of sp³-hybridized carbons (Fsp3) is 0.471. The summed E-state index contributed by atoms with van der Waals surface area (Å²) in [5.74, 6) is 0.498. The topological polar surface area (TPSA) is 47.1 Å². The Hall–Kier alpha value is -1.88. The van der Waals surface area contributed by atoms with Crippen LogP contribution in [-0.2, 0) is 0 Å². The molecule has 0 aliphatic carbocycles. The van der Waals surface area contributed by atoms with Gasteiger partial charge in [0.1, 0.15) is 6.67 Å². The van der Waals surface area contributed by atoms with Crippen LogP contribution in [0.2, 0.25) is 0 Å². The quantitative estimate of drug-likeness (QED) is 0.924. The van der Waals surface area contributed by atoms with Gasteiger partial charge in [0.15, 0.2) is 0 Å². The molecule has 1 fully saturated rings. The molecule has 1 aromatic carbocycles. The molecular weight excluding hydrogens is 279 g/mol. The average Bonchev–Trinajstić information content (AvgIpc) is 2.97. The van der Waals surface area contributed by atoms with Crippen LogP contribution in [0, 0.1) is 5.92 Å². The van der Waals surface area contributed by atoms with E-state index in [1.54, 1.807) is 6.20 Å². The molecule has 2 N–H and O–H groups in total. The van der Waals surface area contributed by atoms with Gasteiger partial charge in [0, 0.05) is 12.7 Å². The summed E-state index contributed by atoms with van der Waals surface area (Å²) in [5.41, 5.74) is 7.80. The van der Waals surface area contributed by atoms with Crippen molar-refractivity contribution in [3.63, 3.8) is 0 Å². The molecule has 0 amide bonds. The molecule has 0 bridgehead atoms. The van der Waals surface area contributed by atoms with E-state index in [4.69, 9.17) is 5.73 Å². The van der Waals surface area contributed by atoms with E-state index in [2.05, 4.69) is 34.3 Å². The molecule has 2 aromatic rings. The van der Waals surface area contributed by atoms with Crippen molar-refractivity contribution in [2.75, 3.05) is 32.0 Å². The number of halogens is 1. The summed E-state index contributed by atoms with van der Waals surface area (Å²) in [4.78, 5) is 2.20. The number of rotatable bonds is 5. The summed E-state index contributed by atoms with van der Waals surface area (Å²) in [6.45, 7) is 2.20. The predicted octanol–water partition coefficient (Wildman–Crippen LogP) is 2.74. The van der Waals surface area contributed by atoms with Gasteiger partial charge >= 0.3 is 0 Å². The van der Waals surface area contributed by atoms with E-state index in [-0.39, 0.29) is 12.7 Å². The van der Waals surface area contributed by atoms with Crippen molar-refractivity contribution in [3.05, 3.63) is 48.3 Å². The van der Waals surface area contributed by atoms with Crippen LogP contribution in [0.5, 0.6) is 0 Å². The first-order valence-electron chi connectivity index (χ1n) is 7.91. The molecular formula is C17H23FN4. The van der Waals surface area contributed by atoms with Gasteiger partial charge in [-0.1, -0.05) is 30.3 Å². The number of nitrogen functional groups attached to an aromatic ring is 1. The molecule has 1 aromatic heterocycles. The van der Waals surface area contributed by atoms with E-state index in [1.807, 2.05) is 16.9 Å². The number of nitrogens with zero attached hydrogens (tertiary/aromatic N) is 3. The number of benzene rings is 1. The Morgan fingerprint density at radius 3 is 2.55 bits per heavy atom. The zero-order valence-corrected chi connectivity index (χ0v) is 12.7. The molecule has 1 unspecified atom stereocenters. The third kappa shape index (κ3) is 3.30. The maximum atomic E-state index is 12.5. The van der Waals surface area contributed by atoms with Crippen molar-refractivity contribution in [2.24, 2.45) is 5.92 Å². The van der Waals surface area contributed by atoms with Crippen LogP contribution in [0.25, 0.3) is 0 Å². The lowest BCUT2D eigenvalue weighted by molar-refractivity contribution is 0.148. The second-order valence-electron chi connectivity index (χ2n) is 5.98. The smallest absolute Gasteiger partial charge is 0.102 e. The fourth-order valence-corrected chi connectivity index (χ4v) is 3.41. The molecule has 3 rings (SSSR count). The van der Waals surface area contributed by atoms with Crippen LogP contribution in [0.1, 0.15) is 24.4 Å². The SMILES string of the molecule is Nc1cnn(C(c2ccccc2)C2CCN(CCF)CC2)c1. The number of likely N-dealkylation sites (tertiary alicyclic amines) is 1. The van der Waals surface area contributed by atoms with E-state index in [9.17, 15) is 4.39 Å². The number of alkyl halides is 1. The normalized spacial score (nSPS) is 18.4. The third-order valence-electron chi connectivity index (χ3n) is 4.53. The average molecular weight is 302 g/mol. The van der Waals surface area contributed by atoms with Crippen LogP contribution in [0.15, 0.2) is 42.7 Å². The number of hydrogen-bond acceptors (Lipinski definition) is 3. The van der Waals surface area contributed by atoms with Gasteiger partial charge in [0.25, 0.3) is 0 Å². The summed E-state index contributed by atoms with van der Waals surface area (Å²) in [7, 11) is 0. The van der Waals surface area contributed by atoms with Gasteiger partial charge in [-0.15, -0.1) is 0 Å². The molecule has 1 aliphatic heterocycles. The first-order valence-corrected chi connectivity index (χ1v) is 7.91. The van der Waals surface area contributed by atoms with E-state index >= 15 is 0 Å². The van der Waals surface area contributed by atoms with Gasteiger partial charge in [-0.3, -0.25) is 4.68 Å². The summed E-state index contributed by atoms with van der Waals surface area (Å²) >= 11 is 0. The molecule has 4 nitrogen and oxygen atoms in total. The zero-order chi connectivity index (χ0) is 15.4. The van der Waals surface area contributed by atoms with Crippen LogP contribution in [0.4, 0.5) is 10.1 Å². The second-order valence-corrected chi connectivity index (χ2v) is 5.98. The van der Waals surface area contributed by atoms with E-state index in [0.29, 0.717) is 18.2 Å². The second kappa shape index (κ2) is 6.92. The lowest BCUT2D eigenvalue weighted by Crippen LogP contribution is -2.38. The number of hydrogen-bond donors (Lipinski definition) is 1. The van der Waals surface area contributed by atoms with Gasteiger partial charge in [-0.25, -0.2) is 4.39 Å². The van der Waals surface area contributed by atoms with Crippen molar-refractivity contribution in [1.29, 1.82) is 0 Å². The van der Waals surface area contributed by atoms with Crippen LogP contribution >= 0.6 is 0 Å². The Bertz CT molecular complexity index is 575. The highest BCUT2D eigenvalue weighted by atomic mass is 19.1. The predicted molar refractivity (Wildman–Crippen MR) is 86.4 cm³/mol. The standard InChI is InChI=1S/C17H23FN4/c18-8-11-21-9-6-15(7-10-21)17(14-4-2-1-3-5-14)22-13-16(19)12-20-22/h1-5,12-13,15,17H,6-11,19H2. The Labute approximate surface area is 130 Å². The van der Waals surface area contributed by atoms with Gasteiger partial charge in [-0.2, -0.15) is 5.10 Å². The Morgan fingerprint density at radius 2 is 1.95 bits per heavy atom. The van der Waals surface area contributed by atoms with Gasteiger partial charge in [0.05, 0.1) is 17.9 Å². The van der Waals surface area contributed by atoms with Gasteiger partial charge in [0.2, 0.25) is 0 Å². The van der Waals surface area contributed by atoms with Crippen LogP contribution in [0.3, 0.4) is 0 Å². The van der Waals surface area contributed by atoms with Crippen molar-refractivity contribution < 1.29 is 4.39 Å². The molecule has 1 aliphatic rings. The van der Waals surface area contributed by atoms with E-state index < -0.39 is 0 Å². The molecule has 0 spiro atoms. The van der Waals surface area contributed by atoms with Gasteiger partial charge < -0.3 is 10.6 Å². The van der Waals surface area contributed by atoms with E-state index in [0.717, 1.165) is 25.9 Å². The Morgan fingerprint density at radius 1 is 1.23 bits per heavy atom. The minimum atomic E-state index is -0.261. The van der Waals surface area contributed by atoms with Crippen molar-refractivity contribution in [2.45, 2.75) is 18.9 Å². The molecule has 22 heavy (non-hydrogen) atoms. The lowest BCUT2D eigenvalue weighted by Gasteiger charge is -2.36. The number of anilines is 1. The molecule has 2 heterocycles. The Balaban J connectivity index is 1.81. The number of nitrogens with two attached hydrogens (primary N) is 1. The number of aromatic nitrogens is 2. The van der Waals surface area contributed by atoms with Gasteiger partial charge in [-0.05, 0) is 37.4 Å². The first-order chi connectivity index (χ1) is 10.8. The fourth-order valence-electron chi connectivity index (χ4n) is 3.41. The molecule has 0 saturated carbocycles. The highest BCUT2D eigenvalue weighted by Crippen LogP contribution is 2.34. The molecule has 5 heteroatoms. The number of piperidine rings is 1. The molecule has 1 atom stereocenters. The highest BCUT2D eigenvalue weighted by molar-refractivity contribution is 5.32. The lowest BCUT2D eigenvalue weighted by atomic mass is 9.85. The third-order valence-corrected chi connectivity index (χ3v) is 4.53. The zero-order valence-electron chi connectivity index (χ0n) is 12.7. The minimum absolute atomic E-state index is 0.200. The molecule has 0 radical (unpaired) electrons. The highest BCUT2D eigenvalue weighted by Gasteiger charge is 2.29. The summed E-state index contributed by atoms with van der Waals surface area (Å²) in [6, 6.07) is 10.7. The van der Waals surface area contributed by atoms with Crippen LogP contribution in [-0.4, -0.2) is 41.0 Å². The van der Waals surface area contributed by atoms with Crippen molar-refractivity contribution in [3.8, 4) is 0 Å². The molecule has 118 valence electrons.